The molecule has 0 aromatic heterocycles. The molecular formula is C12H21NO4. The first-order valence-corrected chi connectivity index (χ1v) is 5.65. The van der Waals surface area contributed by atoms with Gasteiger partial charge >= 0.3 is 5.97 Å². The van der Waals surface area contributed by atoms with E-state index in [-0.39, 0.29) is 17.7 Å². The van der Waals surface area contributed by atoms with Gasteiger partial charge in [0.05, 0.1) is 6.42 Å². The molecule has 1 amide bonds. The van der Waals surface area contributed by atoms with Crippen LogP contribution in [0, 0.1) is 5.41 Å². The molecule has 98 valence electrons. The lowest BCUT2D eigenvalue weighted by atomic mass is 9.96. The molecule has 0 saturated carbocycles. The van der Waals surface area contributed by atoms with Crippen molar-refractivity contribution in [3.8, 4) is 0 Å². The summed E-state index contributed by atoms with van der Waals surface area (Å²) in [5.41, 5.74) is -1.46. The Morgan fingerprint density at radius 3 is 2.29 bits per heavy atom. The van der Waals surface area contributed by atoms with Gasteiger partial charge in [0, 0.05) is 19.5 Å². The Balaban J connectivity index is 2.78. The number of hydrogen-bond donors (Lipinski definition) is 0. The Kier molecular flexibility index (Phi) is 3.52. The SMILES string of the molecule is CN(C)C(=O)CC1(C)OC(C(C)(C)C)OC1=O. The van der Waals surface area contributed by atoms with E-state index in [0.29, 0.717) is 0 Å². The van der Waals surface area contributed by atoms with E-state index in [1.807, 2.05) is 20.8 Å². The first-order chi connectivity index (χ1) is 7.56. The largest absolute Gasteiger partial charge is 0.433 e. The smallest absolute Gasteiger partial charge is 0.341 e. The number of ether oxygens (including phenoxy) is 2. The third-order valence-electron chi connectivity index (χ3n) is 2.71. The summed E-state index contributed by atoms with van der Waals surface area (Å²) in [6, 6.07) is 0. The highest BCUT2D eigenvalue weighted by molar-refractivity contribution is 5.88. The molecule has 0 N–H and O–H groups in total. The molecule has 1 saturated heterocycles. The van der Waals surface area contributed by atoms with Crippen LogP contribution in [0.5, 0.6) is 0 Å². The summed E-state index contributed by atoms with van der Waals surface area (Å²) in [6.07, 6.45) is -0.597. The number of esters is 1. The first kappa shape index (κ1) is 14.0. The summed E-state index contributed by atoms with van der Waals surface area (Å²) >= 11 is 0. The molecule has 5 heteroatoms. The summed E-state index contributed by atoms with van der Waals surface area (Å²) in [6.45, 7) is 7.36. The number of rotatable bonds is 2. The fourth-order valence-electron chi connectivity index (χ4n) is 1.44. The average Bonchev–Trinajstić information content (AvgIpc) is 2.42. The molecule has 17 heavy (non-hydrogen) atoms. The van der Waals surface area contributed by atoms with Crippen LogP contribution >= 0.6 is 0 Å². The Bertz CT molecular complexity index is 332. The molecule has 5 nitrogen and oxygen atoms in total. The van der Waals surface area contributed by atoms with E-state index in [4.69, 9.17) is 9.47 Å². The predicted octanol–water partition coefficient (Wildman–Crippen LogP) is 1.17. The molecule has 0 bridgehead atoms. The van der Waals surface area contributed by atoms with Crippen molar-refractivity contribution >= 4 is 11.9 Å². The number of amides is 1. The van der Waals surface area contributed by atoms with E-state index in [9.17, 15) is 9.59 Å². The van der Waals surface area contributed by atoms with Crippen molar-refractivity contribution in [2.75, 3.05) is 14.1 Å². The molecule has 0 aromatic rings. The lowest BCUT2D eigenvalue weighted by Crippen LogP contribution is -2.39. The minimum absolute atomic E-state index is 0.00537. The summed E-state index contributed by atoms with van der Waals surface area (Å²) in [7, 11) is 3.29. The fraction of sp³-hybridized carbons (Fsp3) is 0.833. The highest BCUT2D eigenvalue weighted by atomic mass is 16.8. The number of hydrogen-bond acceptors (Lipinski definition) is 4. The van der Waals surface area contributed by atoms with Gasteiger partial charge in [0.25, 0.3) is 0 Å². The van der Waals surface area contributed by atoms with Gasteiger partial charge in [-0.05, 0) is 6.92 Å². The molecule has 0 spiro atoms. The first-order valence-electron chi connectivity index (χ1n) is 5.65. The van der Waals surface area contributed by atoms with Crippen molar-refractivity contribution < 1.29 is 19.1 Å². The number of carbonyl (C=O) groups is 2. The average molecular weight is 243 g/mol. The van der Waals surface area contributed by atoms with Crippen LogP contribution in [0.1, 0.15) is 34.1 Å². The number of cyclic esters (lactones) is 1. The quantitative estimate of drug-likeness (QED) is 0.683. The molecule has 1 rings (SSSR count). The van der Waals surface area contributed by atoms with Crippen molar-refractivity contribution in [1.29, 1.82) is 0 Å². The molecule has 2 atom stereocenters. The summed E-state index contributed by atoms with van der Waals surface area (Å²) in [5.74, 6) is -0.619. The van der Waals surface area contributed by atoms with Gasteiger partial charge in [-0.15, -0.1) is 0 Å². The molecule has 0 radical (unpaired) electrons. The van der Waals surface area contributed by atoms with Crippen LogP contribution in [0.2, 0.25) is 0 Å². The fourth-order valence-corrected chi connectivity index (χ4v) is 1.44. The van der Waals surface area contributed by atoms with Gasteiger partial charge in [-0.3, -0.25) is 4.79 Å². The Labute approximate surface area is 102 Å². The Morgan fingerprint density at radius 1 is 1.41 bits per heavy atom. The minimum Gasteiger partial charge on any atom is -0.433 e. The van der Waals surface area contributed by atoms with Crippen LogP contribution in [0.4, 0.5) is 0 Å². The van der Waals surface area contributed by atoms with Crippen LogP contribution in [0.25, 0.3) is 0 Å². The van der Waals surface area contributed by atoms with Crippen molar-refractivity contribution in [1.82, 2.24) is 4.90 Å². The van der Waals surface area contributed by atoms with Gasteiger partial charge in [0.2, 0.25) is 12.2 Å². The normalized spacial score (nSPS) is 29.1. The van der Waals surface area contributed by atoms with Crippen LogP contribution in [-0.4, -0.2) is 42.8 Å². The monoisotopic (exact) mass is 243 g/mol. The second-order valence-electron chi connectivity index (χ2n) is 5.92. The van der Waals surface area contributed by atoms with Crippen molar-refractivity contribution in [2.45, 2.75) is 46.0 Å². The van der Waals surface area contributed by atoms with Gasteiger partial charge < -0.3 is 14.4 Å². The number of carbonyl (C=O) groups excluding carboxylic acids is 2. The van der Waals surface area contributed by atoms with E-state index in [1.165, 1.54) is 4.90 Å². The van der Waals surface area contributed by atoms with Gasteiger partial charge in [0.1, 0.15) is 0 Å². The Hall–Kier alpha value is -1.10. The van der Waals surface area contributed by atoms with Crippen LogP contribution in [0.3, 0.4) is 0 Å². The van der Waals surface area contributed by atoms with E-state index in [2.05, 4.69) is 0 Å². The molecule has 1 heterocycles. The molecule has 1 fully saturated rings. The molecule has 2 unspecified atom stereocenters. The lowest BCUT2D eigenvalue weighted by molar-refractivity contribution is -0.156. The maximum absolute atomic E-state index is 11.8. The third kappa shape index (κ3) is 2.97. The zero-order chi connectivity index (χ0) is 13.4. The lowest BCUT2D eigenvalue weighted by Gasteiger charge is -2.26. The van der Waals surface area contributed by atoms with Crippen LogP contribution in [0.15, 0.2) is 0 Å². The van der Waals surface area contributed by atoms with E-state index >= 15 is 0 Å². The molecule has 0 aromatic carbocycles. The number of nitrogens with zero attached hydrogens (tertiary/aromatic N) is 1. The standard InChI is InChI=1S/C12H21NO4/c1-11(2,3)10-16-9(15)12(4,17-10)7-8(14)13(5)6/h10H,7H2,1-6H3. The van der Waals surface area contributed by atoms with Crippen LogP contribution < -0.4 is 0 Å². The van der Waals surface area contributed by atoms with E-state index < -0.39 is 17.9 Å². The summed E-state index contributed by atoms with van der Waals surface area (Å²) in [4.78, 5) is 24.9. The van der Waals surface area contributed by atoms with Gasteiger partial charge in [-0.25, -0.2) is 4.79 Å². The highest BCUT2D eigenvalue weighted by Gasteiger charge is 2.51. The zero-order valence-electron chi connectivity index (χ0n) is 11.4. The van der Waals surface area contributed by atoms with Crippen molar-refractivity contribution in [3.63, 3.8) is 0 Å². The third-order valence-corrected chi connectivity index (χ3v) is 2.71. The molecule has 1 aliphatic heterocycles. The van der Waals surface area contributed by atoms with Gasteiger partial charge in [-0.1, -0.05) is 20.8 Å². The van der Waals surface area contributed by atoms with Crippen LogP contribution in [-0.2, 0) is 19.1 Å². The van der Waals surface area contributed by atoms with E-state index in [1.54, 1.807) is 21.0 Å². The second-order valence-corrected chi connectivity index (χ2v) is 5.92. The maximum Gasteiger partial charge on any atom is 0.341 e. The predicted molar refractivity (Wildman–Crippen MR) is 62.1 cm³/mol. The van der Waals surface area contributed by atoms with Gasteiger partial charge in [0.15, 0.2) is 5.60 Å². The second kappa shape index (κ2) is 4.29. The molecular weight excluding hydrogens is 222 g/mol. The minimum atomic E-state index is -1.17. The van der Waals surface area contributed by atoms with E-state index in [0.717, 1.165) is 0 Å². The molecule has 1 aliphatic rings. The Morgan fingerprint density at radius 2 is 1.94 bits per heavy atom. The maximum atomic E-state index is 11.8. The topological polar surface area (TPSA) is 55.8 Å². The summed E-state index contributed by atoms with van der Waals surface area (Å²) in [5, 5.41) is 0. The van der Waals surface area contributed by atoms with Gasteiger partial charge in [-0.2, -0.15) is 0 Å². The van der Waals surface area contributed by atoms with Crippen molar-refractivity contribution in [3.05, 3.63) is 0 Å². The van der Waals surface area contributed by atoms with Crippen molar-refractivity contribution in [2.24, 2.45) is 5.41 Å². The summed E-state index contributed by atoms with van der Waals surface area (Å²) < 4.78 is 10.8. The zero-order valence-corrected chi connectivity index (χ0v) is 11.4. The highest BCUT2D eigenvalue weighted by Crippen LogP contribution is 2.36. The molecule has 0 aliphatic carbocycles.